The molecule has 5 heteroatoms. The third-order valence-electron chi connectivity index (χ3n) is 4.16. The van der Waals surface area contributed by atoms with Crippen LogP contribution in [0.2, 0.25) is 0 Å². The standard InChI is InChI=1S/C16H22N4O/c1-12(2)19-11-20(13-8-6-5-7-9-13)14-10-17(3)16(21)18(4)15(14)19/h5-9,12H,10-11H2,1-4H3. The van der Waals surface area contributed by atoms with E-state index in [1.165, 1.54) is 11.4 Å². The molecule has 21 heavy (non-hydrogen) atoms. The number of rotatable bonds is 2. The fourth-order valence-corrected chi connectivity index (χ4v) is 3.03. The van der Waals surface area contributed by atoms with E-state index in [4.69, 9.17) is 0 Å². The van der Waals surface area contributed by atoms with Crippen LogP contribution in [0.15, 0.2) is 41.8 Å². The summed E-state index contributed by atoms with van der Waals surface area (Å²) in [5.41, 5.74) is 2.36. The van der Waals surface area contributed by atoms with Gasteiger partial charge in [0.2, 0.25) is 0 Å². The highest BCUT2D eigenvalue weighted by atomic mass is 16.2. The van der Waals surface area contributed by atoms with E-state index in [9.17, 15) is 4.79 Å². The van der Waals surface area contributed by atoms with Crippen molar-refractivity contribution < 1.29 is 4.79 Å². The number of nitrogens with zero attached hydrogens (tertiary/aromatic N) is 4. The van der Waals surface area contributed by atoms with Crippen molar-refractivity contribution in [1.82, 2.24) is 14.7 Å². The SMILES string of the molecule is CC(C)N1CN(c2ccccc2)C2=C1N(C)C(=O)N(C)C2. The molecular weight excluding hydrogens is 264 g/mol. The smallest absolute Gasteiger partial charge is 0.325 e. The molecule has 0 fully saturated rings. The summed E-state index contributed by atoms with van der Waals surface area (Å²) in [6.07, 6.45) is 0. The average Bonchev–Trinajstić information content (AvgIpc) is 2.85. The lowest BCUT2D eigenvalue weighted by Crippen LogP contribution is -2.47. The third-order valence-corrected chi connectivity index (χ3v) is 4.16. The molecule has 2 amide bonds. The Labute approximate surface area is 126 Å². The number of anilines is 1. The molecule has 0 aromatic heterocycles. The quantitative estimate of drug-likeness (QED) is 0.836. The Balaban J connectivity index is 2.06. The minimum atomic E-state index is 0.0503. The molecule has 0 saturated heterocycles. The number of hydrogen-bond acceptors (Lipinski definition) is 3. The Morgan fingerprint density at radius 1 is 1.10 bits per heavy atom. The van der Waals surface area contributed by atoms with E-state index in [1.54, 1.807) is 9.80 Å². The zero-order chi connectivity index (χ0) is 15.1. The first kappa shape index (κ1) is 13.8. The number of urea groups is 1. The van der Waals surface area contributed by atoms with E-state index in [1.807, 2.05) is 20.2 Å². The molecule has 0 aliphatic carbocycles. The van der Waals surface area contributed by atoms with E-state index in [-0.39, 0.29) is 6.03 Å². The molecule has 2 aliphatic heterocycles. The molecule has 1 aromatic carbocycles. The Hall–Kier alpha value is -2.17. The summed E-state index contributed by atoms with van der Waals surface area (Å²) >= 11 is 0. The van der Waals surface area contributed by atoms with E-state index < -0.39 is 0 Å². The Kier molecular flexibility index (Phi) is 3.27. The highest BCUT2D eigenvalue weighted by Crippen LogP contribution is 2.35. The van der Waals surface area contributed by atoms with Crippen molar-refractivity contribution >= 4 is 11.7 Å². The van der Waals surface area contributed by atoms with Crippen molar-refractivity contribution in [3.05, 3.63) is 41.8 Å². The Morgan fingerprint density at radius 3 is 2.38 bits per heavy atom. The first-order valence-corrected chi connectivity index (χ1v) is 7.32. The van der Waals surface area contributed by atoms with Gasteiger partial charge in [0.05, 0.1) is 18.9 Å². The van der Waals surface area contributed by atoms with Gasteiger partial charge in [-0.05, 0) is 26.0 Å². The van der Waals surface area contributed by atoms with Gasteiger partial charge in [-0.15, -0.1) is 0 Å². The first-order chi connectivity index (χ1) is 10.0. The molecule has 0 spiro atoms. The molecule has 5 nitrogen and oxygen atoms in total. The zero-order valence-electron chi connectivity index (χ0n) is 13.1. The van der Waals surface area contributed by atoms with Crippen LogP contribution in [-0.4, -0.2) is 54.1 Å². The molecule has 112 valence electrons. The van der Waals surface area contributed by atoms with Crippen molar-refractivity contribution in [2.75, 3.05) is 32.2 Å². The topological polar surface area (TPSA) is 30.0 Å². The minimum absolute atomic E-state index is 0.0503. The fourth-order valence-electron chi connectivity index (χ4n) is 3.03. The highest BCUT2D eigenvalue weighted by molar-refractivity contribution is 5.79. The van der Waals surface area contributed by atoms with Gasteiger partial charge < -0.3 is 14.7 Å². The van der Waals surface area contributed by atoms with Crippen LogP contribution in [0.5, 0.6) is 0 Å². The second kappa shape index (κ2) is 4.98. The number of likely N-dealkylation sites (N-methyl/N-ethyl adjacent to an activating group) is 1. The van der Waals surface area contributed by atoms with Gasteiger partial charge in [-0.25, -0.2) is 4.79 Å². The number of hydrogen-bond donors (Lipinski definition) is 0. The van der Waals surface area contributed by atoms with Crippen LogP contribution in [0.25, 0.3) is 0 Å². The molecule has 3 rings (SSSR count). The highest BCUT2D eigenvalue weighted by Gasteiger charge is 2.40. The number of amides is 2. The van der Waals surface area contributed by atoms with Gasteiger partial charge in [0, 0.05) is 25.8 Å². The summed E-state index contributed by atoms with van der Waals surface area (Å²) in [4.78, 5) is 20.4. The second-order valence-corrected chi connectivity index (χ2v) is 5.94. The van der Waals surface area contributed by atoms with Crippen molar-refractivity contribution in [2.45, 2.75) is 19.9 Å². The van der Waals surface area contributed by atoms with E-state index >= 15 is 0 Å². The lowest BCUT2D eigenvalue weighted by atomic mass is 10.2. The number of carbonyl (C=O) groups is 1. The maximum absolute atomic E-state index is 12.3. The number of carbonyl (C=O) groups excluding carboxylic acids is 1. The Bertz CT molecular complexity index is 581. The van der Waals surface area contributed by atoms with Crippen LogP contribution in [-0.2, 0) is 0 Å². The van der Waals surface area contributed by atoms with Gasteiger partial charge in [-0.2, -0.15) is 0 Å². The zero-order valence-corrected chi connectivity index (χ0v) is 13.1. The van der Waals surface area contributed by atoms with Crippen molar-refractivity contribution in [3.63, 3.8) is 0 Å². The van der Waals surface area contributed by atoms with Gasteiger partial charge in [-0.1, -0.05) is 18.2 Å². The Morgan fingerprint density at radius 2 is 1.76 bits per heavy atom. The number of benzene rings is 1. The van der Waals surface area contributed by atoms with E-state index in [0.29, 0.717) is 12.6 Å². The largest absolute Gasteiger partial charge is 0.336 e. The fraction of sp³-hybridized carbons (Fsp3) is 0.438. The van der Waals surface area contributed by atoms with Crippen LogP contribution in [0.1, 0.15) is 13.8 Å². The van der Waals surface area contributed by atoms with E-state index in [0.717, 1.165) is 12.5 Å². The molecule has 0 unspecified atom stereocenters. The van der Waals surface area contributed by atoms with Gasteiger partial charge in [0.1, 0.15) is 5.82 Å². The predicted molar refractivity (Wildman–Crippen MR) is 83.6 cm³/mol. The van der Waals surface area contributed by atoms with E-state index in [2.05, 4.69) is 47.9 Å². The maximum Gasteiger partial charge on any atom is 0.325 e. The average molecular weight is 286 g/mol. The first-order valence-electron chi connectivity index (χ1n) is 7.32. The molecule has 0 radical (unpaired) electrons. The van der Waals surface area contributed by atoms with Crippen LogP contribution >= 0.6 is 0 Å². The molecule has 1 aromatic rings. The summed E-state index contributed by atoms with van der Waals surface area (Å²) in [6.45, 7) is 5.76. The van der Waals surface area contributed by atoms with Gasteiger partial charge >= 0.3 is 6.03 Å². The van der Waals surface area contributed by atoms with Crippen LogP contribution in [0.3, 0.4) is 0 Å². The lowest BCUT2D eigenvalue weighted by molar-refractivity contribution is 0.158. The van der Waals surface area contributed by atoms with Gasteiger partial charge in [0.25, 0.3) is 0 Å². The summed E-state index contributed by atoms with van der Waals surface area (Å²) in [5, 5.41) is 0. The number of para-hydroxylation sites is 1. The molecule has 2 heterocycles. The third kappa shape index (κ3) is 2.13. The van der Waals surface area contributed by atoms with Gasteiger partial charge in [-0.3, -0.25) is 4.90 Å². The molecule has 2 aliphatic rings. The summed E-state index contributed by atoms with van der Waals surface area (Å²) < 4.78 is 0. The summed E-state index contributed by atoms with van der Waals surface area (Å²) in [5.74, 6) is 1.04. The summed E-state index contributed by atoms with van der Waals surface area (Å²) in [6, 6.07) is 10.8. The second-order valence-electron chi connectivity index (χ2n) is 5.94. The summed E-state index contributed by atoms with van der Waals surface area (Å²) in [7, 11) is 3.71. The molecule has 0 saturated carbocycles. The molecule has 0 N–H and O–H groups in total. The minimum Gasteiger partial charge on any atom is -0.336 e. The normalized spacial score (nSPS) is 19.0. The van der Waals surface area contributed by atoms with Crippen molar-refractivity contribution in [3.8, 4) is 0 Å². The van der Waals surface area contributed by atoms with Crippen molar-refractivity contribution in [1.29, 1.82) is 0 Å². The lowest BCUT2D eigenvalue weighted by Gasteiger charge is -2.36. The van der Waals surface area contributed by atoms with Crippen molar-refractivity contribution in [2.24, 2.45) is 0 Å². The molecule has 0 bridgehead atoms. The predicted octanol–water partition coefficient (Wildman–Crippen LogP) is 2.34. The van der Waals surface area contributed by atoms with Crippen LogP contribution in [0, 0.1) is 0 Å². The maximum atomic E-state index is 12.3. The van der Waals surface area contributed by atoms with Crippen LogP contribution < -0.4 is 4.90 Å². The van der Waals surface area contributed by atoms with Gasteiger partial charge in [0.15, 0.2) is 0 Å². The molecular formula is C16H22N4O. The molecule has 0 atom stereocenters. The van der Waals surface area contributed by atoms with Crippen LogP contribution in [0.4, 0.5) is 10.5 Å². The monoisotopic (exact) mass is 286 g/mol.